The molecule has 0 aromatic heterocycles. The van der Waals surface area contributed by atoms with Gasteiger partial charge in [0, 0.05) is 13.1 Å². The zero-order chi connectivity index (χ0) is 12.0. The number of carbonyl (C=O) groups is 1. The van der Waals surface area contributed by atoms with Gasteiger partial charge in [-0.3, -0.25) is 4.79 Å². The Morgan fingerprint density at radius 3 is 2.12 bits per heavy atom. The van der Waals surface area contributed by atoms with Crippen LogP contribution in [0.2, 0.25) is 0 Å². The number of nitrogens with zero attached hydrogens (tertiary/aromatic N) is 1. The summed E-state index contributed by atoms with van der Waals surface area (Å²) in [5.41, 5.74) is 5.95. The lowest BCUT2D eigenvalue weighted by atomic mass is 10.0. The number of likely N-dealkylation sites (tertiary alicyclic amines) is 1. The van der Waals surface area contributed by atoms with Crippen LogP contribution in [0, 0.1) is 5.92 Å². The molecule has 1 saturated heterocycles. The van der Waals surface area contributed by atoms with Crippen LogP contribution in [0.1, 0.15) is 52.4 Å². The van der Waals surface area contributed by atoms with Gasteiger partial charge in [0.05, 0.1) is 6.04 Å². The second kappa shape index (κ2) is 6.89. The summed E-state index contributed by atoms with van der Waals surface area (Å²) in [4.78, 5) is 14.1. The fourth-order valence-corrected chi connectivity index (χ4v) is 2.31. The maximum atomic E-state index is 12.1. The Morgan fingerprint density at radius 1 is 1.12 bits per heavy atom. The third-order valence-electron chi connectivity index (χ3n) is 3.21. The molecule has 16 heavy (non-hydrogen) atoms. The van der Waals surface area contributed by atoms with Gasteiger partial charge in [0.1, 0.15) is 0 Å². The van der Waals surface area contributed by atoms with Crippen LogP contribution in [0.25, 0.3) is 0 Å². The van der Waals surface area contributed by atoms with Crippen LogP contribution in [0.15, 0.2) is 0 Å². The third kappa shape index (κ3) is 4.52. The number of amides is 1. The van der Waals surface area contributed by atoms with E-state index >= 15 is 0 Å². The summed E-state index contributed by atoms with van der Waals surface area (Å²) in [6, 6.07) is -0.292. The molecule has 0 aliphatic carbocycles. The maximum Gasteiger partial charge on any atom is 0.239 e. The molecular formula is C13H26N2O. The molecular weight excluding hydrogens is 200 g/mol. The van der Waals surface area contributed by atoms with Crippen molar-refractivity contribution in [2.75, 3.05) is 13.1 Å². The summed E-state index contributed by atoms with van der Waals surface area (Å²) in [5, 5.41) is 0. The Bertz CT molecular complexity index is 208. The van der Waals surface area contributed by atoms with Crippen molar-refractivity contribution >= 4 is 5.91 Å². The first kappa shape index (κ1) is 13.5. The van der Waals surface area contributed by atoms with Gasteiger partial charge in [0.25, 0.3) is 0 Å². The van der Waals surface area contributed by atoms with Crippen LogP contribution >= 0.6 is 0 Å². The molecule has 0 bridgehead atoms. The molecule has 0 aromatic rings. The smallest absolute Gasteiger partial charge is 0.239 e. The Labute approximate surface area is 99.4 Å². The van der Waals surface area contributed by atoms with Crippen molar-refractivity contribution in [2.45, 2.75) is 58.4 Å². The normalized spacial score (nSPS) is 20.4. The predicted molar refractivity (Wildman–Crippen MR) is 67.1 cm³/mol. The molecule has 3 nitrogen and oxygen atoms in total. The molecule has 1 rings (SSSR count). The second-order valence-corrected chi connectivity index (χ2v) is 5.33. The highest BCUT2D eigenvalue weighted by atomic mass is 16.2. The van der Waals surface area contributed by atoms with Gasteiger partial charge in [-0.2, -0.15) is 0 Å². The Kier molecular flexibility index (Phi) is 5.81. The minimum atomic E-state index is -0.292. The number of carbonyl (C=O) groups excluding carboxylic acids is 1. The van der Waals surface area contributed by atoms with Gasteiger partial charge in [-0.1, -0.05) is 33.1 Å². The summed E-state index contributed by atoms with van der Waals surface area (Å²) in [5.74, 6) is 0.657. The summed E-state index contributed by atoms with van der Waals surface area (Å²) in [6.07, 6.45) is 6.90. The minimum Gasteiger partial charge on any atom is -0.341 e. The molecule has 94 valence electrons. The van der Waals surface area contributed by atoms with E-state index in [0.717, 1.165) is 32.4 Å². The Hall–Kier alpha value is -0.570. The highest BCUT2D eigenvalue weighted by Crippen LogP contribution is 2.13. The average molecular weight is 226 g/mol. The number of nitrogens with two attached hydrogens (primary N) is 1. The zero-order valence-electron chi connectivity index (χ0n) is 10.7. The van der Waals surface area contributed by atoms with Crippen LogP contribution in [-0.4, -0.2) is 29.9 Å². The van der Waals surface area contributed by atoms with Crippen LogP contribution in [0.5, 0.6) is 0 Å². The highest BCUT2D eigenvalue weighted by Gasteiger charge is 2.21. The summed E-state index contributed by atoms with van der Waals surface area (Å²) in [7, 11) is 0. The Morgan fingerprint density at radius 2 is 1.62 bits per heavy atom. The van der Waals surface area contributed by atoms with Crippen molar-refractivity contribution in [2.24, 2.45) is 11.7 Å². The van der Waals surface area contributed by atoms with Gasteiger partial charge in [-0.05, 0) is 25.2 Å². The lowest BCUT2D eigenvalue weighted by Gasteiger charge is -2.28. The van der Waals surface area contributed by atoms with E-state index in [4.69, 9.17) is 5.73 Å². The Balaban J connectivity index is 2.43. The summed E-state index contributed by atoms with van der Waals surface area (Å²) >= 11 is 0. The monoisotopic (exact) mass is 226 g/mol. The standard InChI is InChI=1S/C13H26N2O/c1-11(2)10-12(14)13(16)15-8-6-4-3-5-7-9-15/h11-12H,3-10,14H2,1-2H3/t12-/m0/s1. The average Bonchev–Trinajstić information content (AvgIpc) is 2.15. The van der Waals surface area contributed by atoms with Crippen molar-refractivity contribution in [3.8, 4) is 0 Å². The number of hydrogen-bond donors (Lipinski definition) is 1. The summed E-state index contributed by atoms with van der Waals surface area (Å²) < 4.78 is 0. The van der Waals surface area contributed by atoms with Gasteiger partial charge in [-0.25, -0.2) is 0 Å². The quantitative estimate of drug-likeness (QED) is 0.801. The lowest BCUT2D eigenvalue weighted by Crippen LogP contribution is -2.45. The molecule has 2 N–H and O–H groups in total. The first-order valence-corrected chi connectivity index (χ1v) is 6.65. The molecule has 0 radical (unpaired) electrons. The van der Waals surface area contributed by atoms with E-state index in [0.29, 0.717) is 5.92 Å². The van der Waals surface area contributed by atoms with Crippen molar-refractivity contribution in [1.29, 1.82) is 0 Å². The van der Waals surface area contributed by atoms with Gasteiger partial charge >= 0.3 is 0 Å². The molecule has 1 amide bonds. The minimum absolute atomic E-state index is 0.163. The van der Waals surface area contributed by atoms with E-state index in [2.05, 4.69) is 13.8 Å². The lowest BCUT2D eigenvalue weighted by molar-refractivity contribution is -0.133. The van der Waals surface area contributed by atoms with Crippen molar-refractivity contribution < 1.29 is 4.79 Å². The molecule has 1 aliphatic heterocycles. The molecule has 0 spiro atoms. The van der Waals surface area contributed by atoms with E-state index in [1.807, 2.05) is 4.90 Å². The highest BCUT2D eigenvalue weighted by molar-refractivity contribution is 5.81. The van der Waals surface area contributed by atoms with E-state index in [1.54, 1.807) is 0 Å². The van der Waals surface area contributed by atoms with Crippen molar-refractivity contribution in [3.63, 3.8) is 0 Å². The molecule has 1 fully saturated rings. The molecule has 0 saturated carbocycles. The number of rotatable bonds is 3. The number of hydrogen-bond acceptors (Lipinski definition) is 2. The van der Waals surface area contributed by atoms with E-state index in [1.165, 1.54) is 19.3 Å². The molecule has 3 heteroatoms. The SMILES string of the molecule is CC(C)C[C@H](N)C(=O)N1CCCCCCC1. The van der Waals surface area contributed by atoms with Gasteiger partial charge in [0.15, 0.2) is 0 Å². The molecule has 0 aromatic carbocycles. The second-order valence-electron chi connectivity index (χ2n) is 5.33. The molecule has 1 atom stereocenters. The van der Waals surface area contributed by atoms with Crippen molar-refractivity contribution in [1.82, 2.24) is 4.90 Å². The molecule has 1 heterocycles. The molecule has 0 unspecified atom stereocenters. The van der Waals surface area contributed by atoms with Crippen LogP contribution < -0.4 is 5.73 Å². The topological polar surface area (TPSA) is 46.3 Å². The fraction of sp³-hybridized carbons (Fsp3) is 0.923. The van der Waals surface area contributed by atoms with Crippen LogP contribution in [0.3, 0.4) is 0 Å². The first-order chi connectivity index (χ1) is 7.61. The molecule has 1 aliphatic rings. The fourth-order valence-electron chi connectivity index (χ4n) is 2.31. The van der Waals surface area contributed by atoms with Gasteiger partial charge in [0.2, 0.25) is 5.91 Å². The van der Waals surface area contributed by atoms with E-state index < -0.39 is 0 Å². The zero-order valence-corrected chi connectivity index (χ0v) is 10.7. The summed E-state index contributed by atoms with van der Waals surface area (Å²) in [6.45, 7) is 6.04. The van der Waals surface area contributed by atoms with Crippen LogP contribution in [0.4, 0.5) is 0 Å². The van der Waals surface area contributed by atoms with Gasteiger partial charge < -0.3 is 10.6 Å². The van der Waals surface area contributed by atoms with Crippen molar-refractivity contribution in [3.05, 3.63) is 0 Å². The maximum absolute atomic E-state index is 12.1. The third-order valence-corrected chi connectivity index (χ3v) is 3.21. The van der Waals surface area contributed by atoms with E-state index in [9.17, 15) is 4.79 Å². The first-order valence-electron chi connectivity index (χ1n) is 6.65. The van der Waals surface area contributed by atoms with E-state index in [-0.39, 0.29) is 11.9 Å². The van der Waals surface area contributed by atoms with Crippen LogP contribution in [-0.2, 0) is 4.79 Å². The predicted octanol–water partition coefficient (Wildman–Crippen LogP) is 2.15. The van der Waals surface area contributed by atoms with Gasteiger partial charge in [-0.15, -0.1) is 0 Å². The largest absolute Gasteiger partial charge is 0.341 e.